The summed E-state index contributed by atoms with van der Waals surface area (Å²) in [6.07, 6.45) is 7.73. The number of hydrogen-bond acceptors (Lipinski definition) is 2. The van der Waals surface area contributed by atoms with E-state index in [9.17, 15) is 4.79 Å². The molecule has 1 aliphatic carbocycles. The minimum absolute atomic E-state index is 0. The molecule has 5 heteroatoms. The van der Waals surface area contributed by atoms with Gasteiger partial charge in [-0.15, -0.1) is 12.4 Å². The molecule has 0 radical (unpaired) electrons. The van der Waals surface area contributed by atoms with Crippen LogP contribution in [0.4, 0.5) is 0 Å². The van der Waals surface area contributed by atoms with Gasteiger partial charge in [-0.05, 0) is 25.3 Å². The number of H-pyrrole nitrogens is 1. The van der Waals surface area contributed by atoms with E-state index in [1.54, 1.807) is 0 Å². The lowest BCUT2D eigenvalue weighted by Gasteiger charge is -2.22. The summed E-state index contributed by atoms with van der Waals surface area (Å²) in [7, 11) is 0. The molecule has 2 heterocycles. The highest BCUT2D eigenvalue weighted by molar-refractivity contribution is 6.10. The zero-order valence-corrected chi connectivity index (χ0v) is 14.6. The molecule has 4 nitrogen and oxygen atoms in total. The highest BCUT2D eigenvalue weighted by Gasteiger charge is 2.31. The van der Waals surface area contributed by atoms with Gasteiger partial charge in [-0.1, -0.05) is 25.1 Å². The molecule has 3 aromatic rings. The predicted molar refractivity (Wildman–Crippen MR) is 97.9 cm³/mol. The molecule has 126 valence electrons. The van der Waals surface area contributed by atoms with Gasteiger partial charge in [-0.25, -0.2) is 4.98 Å². The number of ketones is 1. The monoisotopic (exact) mass is 343 g/mol. The molecule has 0 aliphatic heterocycles. The molecular weight excluding hydrogens is 322 g/mol. The standard InChI is InChI=1S/C19H21N3O.ClH/c1-2-5-17-20-10-11-22(17)12-13-8-9-16-18(19(13)23)14-6-3-4-7-15(14)21-16;/h3-4,6-7,10-11,13,21H,2,5,8-9,12H2,1H3;1H. The van der Waals surface area contributed by atoms with Gasteiger partial charge >= 0.3 is 0 Å². The second kappa shape index (κ2) is 6.81. The van der Waals surface area contributed by atoms with Crippen molar-refractivity contribution in [3.05, 3.63) is 53.7 Å². The fourth-order valence-electron chi connectivity index (χ4n) is 3.69. The number of aryl methyl sites for hydroxylation is 2. The van der Waals surface area contributed by atoms with E-state index < -0.39 is 0 Å². The van der Waals surface area contributed by atoms with E-state index in [-0.39, 0.29) is 24.1 Å². The maximum absolute atomic E-state index is 13.0. The van der Waals surface area contributed by atoms with Crippen LogP contribution < -0.4 is 0 Å². The third kappa shape index (κ3) is 2.75. The molecule has 1 N–H and O–H groups in total. The molecule has 0 saturated carbocycles. The maximum atomic E-state index is 13.0. The zero-order chi connectivity index (χ0) is 15.8. The Labute approximate surface area is 147 Å². The van der Waals surface area contributed by atoms with Crippen molar-refractivity contribution < 1.29 is 4.79 Å². The lowest BCUT2D eigenvalue weighted by atomic mass is 9.85. The fraction of sp³-hybridized carbons (Fsp3) is 0.368. The first-order chi connectivity index (χ1) is 11.3. The Kier molecular flexibility index (Phi) is 4.76. The number of aromatic nitrogens is 3. The van der Waals surface area contributed by atoms with E-state index in [0.717, 1.165) is 60.2 Å². The maximum Gasteiger partial charge on any atom is 0.170 e. The van der Waals surface area contributed by atoms with Crippen molar-refractivity contribution in [2.45, 2.75) is 39.2 Å². The van der Waals surface area contributed by atoms with Gasteiger partial charge in [0.05, 0.1) is 0 Å². The number of halogens is 1. The number of carbonyl (C=O) groups excluding carboxylic acids is 1. The summed E-state index contributed by atoms with van der Waals surface area (Å²) >= 11 is 0. The summed E-state index contributed by atoms with van der Waals surface area (Å²) in [4.78, 5) is 20.9. The Morgan fingerprint density at radius 1 is 1.33 bits per heavy atom. The van der Waals surface area contributed by atoms with Crippen LogP contribution in [0.5, 0.6) is 0 Å². The number of nitrogens with one attached hydrogen (secondary N) is 1. The molecule has 24 heavy (non-hydrogen) atoms. The van der Waals surface area contributed by atoms with Crippen LogP contribution in [0.1, 0.15) is 41.6 Å². The molecular formula is C19H22ClN3O. The van der Waals surface area contributed by atoms with Crippen LogP contribution in [0.2, 0.25) is 0 Å². The van der Waals surface area contributed by atoms with Crippen LogP contribution in [-0.2, 0) is 19.4 Å². The van der Waals surface area contributed by atoms with Crippen LogP contribution in [0, 0.1) is 5.92 Å². The van der Waals surface area contributed by atoms with Gasteiger partial charge in [-0.2, -0.15) is 0 Å². The number of rotatable bonds is 4. The summed E-state index contributed by atoms with van der Waals surface area (Å²) in [5, 5.41) is 1.07. The number of nitrogens with zero attached hydrogens (tertiary/aromatic N) is 2. The first-order valence-electron chi connectivity index (χ1n) is 8.41. The largest absolute Gasteiger partial charge is 0.358 e. The third-order valence-corrected chi connectivity index (χ3v) is 4.84. The van der Waals surface area contributed by atoms with Gasteiger partial charge in [0.2, 0.25) is 0 Å². The Morgan fingerprint density at radius 3 is 3.00 bits per heavy atom. The summed E-state index contributed by atoms with van der Waals surface area (Å²) < 4.78 is 2.16. The van der Waals surface area contributed by atoms with Gasteiger partial charge < -0.3 is 9.55 Å². The summed E-state index contributed by atoms with van der Waals surface area (Å²) in [6.45, 7) is 2.90. The number of para-hydroxylation sites is 1. The van der Waals surface area contributed by atoms with Gasteiger partial charge in [0, 0.05) is 53.4 Å². The topological polar surface area (TPSA) is 50.7 Å². The normalized spacial score (nSPS) is 16.9. The lowest BCUT2D eigenvalue weighted by molar-refractivity contribution is 0.0888. The number of imidazole rings is 1. The minimum atomic E-state index is 0. The van der Waals surface area contributed by atoms with Crippen molar-refractivity contribution in [1.82, 2.24) is 14.5 Å². The number of hydrogen-bond donors (Lipinski definition) is 1. The van der Waals surface area contributed by atoms with E-state index in [4.69, 9.17) is 0 Å². The number of fused-ring (bicyclic) bond motifs is 3. The second-order valence-corrected chi connectivity index (χ2v) is 6.37. The molecule has 2 aromatic heterocycles. The van der Waals surface area contributed by atoms with E-state index in [1.807, 2.05) is 36.7 Å². The Hall–Kier alpha value is -2.07. The van der Waals surface area contributed by atoms with Crippen molar-refractivity contribution in [3.8, 4) is 0 Å². The van der Waals surface area contributed by atoms with Crippen LogP contribution in [0.3, 0.4) is 0 Å². The summed E-state index contributed by atoms with van der Waals surface area (Å²) in [6, 6.07) is 8.10. The summed E-state index contributed by atoms with van der Waals surface area (Å²) in [5.41, 5.74) is 3.08. The third-order valence-electron chi connectivity index (χ3n) is 4.84. The number of aromatic amines is 1. The second-order valence-electron chi connectivity index (χ2n) is 6.37. The van der Waals surface area contributed by atoms with E-state index in [2.05, 4.69) is 21.5 Å². The number of carbonyl (C=O) groups is 1. The Bertz CT molecular complexity index is 865. The molecule has 1 atom stereocenters. The van der Waals surface area contributed by atoms with E-state index in [1.165, 1.54) is 0 Å². The van der Waals surface area contributed by atoms with Gasteiger partial charge in [0.1, 0.15) is 5.82 Å². The molecule has 0 amide bonds. The SMILES string of the molecule is CCCc1nccn1CC1CCc2[nH]c3ccccc3c2C1=O.Cl. The molecule has 1 aromatic carbocycles. The molecule has 0 bridgehead atoms. The Morgan fingerprint density at radius 2 is 2.17 bits per heavy atom. The fourth-order valence-corrected chi connectivity index (χ4v) is 3.69. The molecule has 1 unspecified atom stereocenters. The van der Waals surface area contributed by atoms with Crippen LogP contribution in [0.15, 0.2) is 36.7 Å². The molecule has 0 fully saturated rings. The Balaban J connectivity index is 0.00000169. The van der Waals surface area contributed by atoms with Crippen LogP contribution >= 0.6 is 12.4 Å². The average molecular weight is 344 g/mol. The minimum Gasteiger partial charge on any atom is -0.358 e. The van der Waals surface area contributed by atoms with Gasteiger partial charge in [-0.3, -0.25) is 4.79 Å². The molecule has 1 aliphatic rings. The highest BCUT2D eigenvalue weighted by Crippen LogP contribution is 2.32. The number of benzene rings is 1. The first-order valence-corrected chi connectivity index (χ1v) is 8.41. The van der Waals surface area contributed by atoms with E-state index >= 15 is 0 Å². The van der Waals surface area contributed by atoms with Crippen molar-refractivity contribution >= 4 is 29.1 Å². The first kappa shape index (κ1) is 16.8. The molecule has 0 saturated heterocycles. The van der Waals surface area contributed by atoms with Crippen molar-refractivity contribution in [2.75, 3.05) is 0 Å². The predicted octanol–water partition coefficient (Wildman–Crippen LogP) is 4.18. The lowest BCUT2D eigenvalue weighted by Crippen LogP contribution is -2.26. The average Bonchev–Trinajstić information content (AvgIpc) is 3.15. The van der Waals surface area contributed by atoms with Crippen LogP contribution in [-0.4, -0.2) is 20.3 Å². The van der Waals surface area contributed by atoms with Crippen LogP contribution in [0.25, 0.3) is 10.9 Å². The van der Waals surface area contributed by atoms with E-state index in [0.29, 0.717) is 0 Å². The summed E-state index contributed by atoms with van der Waals surface area (Å²) in [5.74, 6) is 1.41. The zero-order valence-electron chi connectivity index (χ0n) is 13.8. The van der Waals surface area contributed by atoms with Crippen molar-refractivity contribution in [2.24, 2.45) is 5.92 Å². The molecule has 4 rings (SSSR count). The van der Waals surface area contributed by atoms with Crippen molar-refractivity contribution in [1.29, 1.82) is 0 Å². The highest BCUT2D eigenvalue weighted by atomic mass is 35.5. The molecule has 0 spiro atoms. The quantitative estimate of drug-likeness (QED) is 0.772. The van der Waals surface area contributed by atoms with Gasteiger partial charge in [0.15, 0.2) is 5.78 Å². The number of Topliss-reactive ketones (excluding diaryl/α,β-unsaturated/α-hetero) is 1. The van der Waals surface area contributed by atoms with Crippen molar-refractivity contribution in [3.63, 3.8) is 0 Å². The smallest absolute Gasteiger partial charge is 0.170 e. The van der Waals surface area contributed by atoms with Gasteiger partial charge in [0.25, 0.3) is 0 Å².